The Morgan fingerprint density at radius 2 is 2.38 bits per heavy atom. The maximum Gasteiger partial charge on any atom is 0.220 e. The van der Waals surface area contributed by atoms with E-state index in [2.05, 4.69) is 15.6 Å². The summed E-state index contributed by atoms with van der Waals surface area (Å²) in [6, 6.07) is 3.86. The summed E-state index contributed by atoms with van der Waals surface area (Å²) in [4.78, 5) is 15.6. The van der Waals surface area contributed by atoms with Crippen LogP contribution in [0.5, 0.6) is 0 Å². The van der Waals surface area contributed by atoms with Crippen LogP contribution in [0.2, 0.25) is 0 Å². The third-order valence-corrected chi connectivity index (χ3v) is 2.39. The molecule has 1 rings (SSSR count). The first kappa shape index (κ1) is 12.6. The lowest BCUT2D eigenvalue weighted by Crippen LogP contribution is -2.27. The second-order valence-corrected chi connectivity index (χ2v) is 3.78. The molecule has 0 aliphatic rings. The molecule has 88 valence electrons. The van der Waals surface area contributed by atoms with E-state index in [4.69, 9.17) is 0 Å². The van der Waals surface area contributed by atoms with Gasteiger partial charge in [0.15, 0.2) is 0 Å². The quantitative estimate of drug-likeness (QED) is 0.711. The van der Waals surface area contributed by atoms with Crippen molar-refractivity contribution in [3.8, 4) is 0 Å². The molecule has 0 saturated heterocycles. The first-order chi connectivity index (χ1) is 7.74. The van der Waals surface area contributed by atoms with Crippen molar-refractivity contribution < 1.29 is 4.79 Å². The van der Waals surface area contributed by atoms with E-state index in [0.717, 1.165) is 18.5 Å². The van der Waals surface area contributed by atoms with Gasteiger partial charge in [-0.3, -0.25) is 9.78 Å². The lowest BCUT2D eigenvalue weighted by atomic mass is 10.1. The van der Waals surface area contributed by atoms with E-state index in [1.165, 1.54) is 0 Å². The molecule has 0 bridgehead atoms. The number of nitrogens with zero attached hydrogens (tertiary/aromatic N) is 1. The summed E-state index contributed by atoms with van der Waals surface area (Å²) < 4.78 is 0. The Bertz CT molecular complexity index is 313. The zero-order valence-electron chi connectivity index (χ0n) is 9.86. The molecule has 0 aliphatic heterocycles. The molecule has 1 aromatic heterocycles. The van der Waals surface area contributed by atoms with E-state index in [0.29, 0.717) is 6.42 Å². The molecule has 16 heavy (non-hydrogen) atoms. The number of rotatable bonds is 6. The maximum atomic E-state index is 11.5. The van der Waals surface area contributed by atoms with Gasteiger partial charge < -0.3 is 10.6 Å². The summed E-state index contributed by atoms with van der Waals surface area (Å²) >= 11 is 0. The highest BCUT2D eigenvalue weighted by Crippen LogP contribution is 2.09. The first-order valence-electron chi connectivity index (χ1n) is 5.58. The lowest BCUT2D eigenvalue weighted by Gasteiger charge is -2.13. The van der Waals surface area contributed by atoms with Crippen LogP contribution in [0.15, 0.2) is 24.5 Å². The molecule has 2 N–H and O–H groups in total. The highest BCUT2D eigenvalue weighted by molar-refractivity contribution is 5.76. The topological polar surface area (TPSA) is 54.0 Å². The van der Waals surface area contributed by atoms with Crippen LogP contribution in [-0.2, 0) is 4.79 Å². The van der Waals surface area contributed by atoms with Gasteiger partial charge in [0.25, 0.3) is 0 Å². The Morgan fingerprint density at radius 3 is 3.00 bits per heavy atom. The molecule has 1 aromatic rings. The van der Waals surface area contributed by atoms with Gasteiger partial charge in [0.1, 0.15) is 0 Å². The Labute approximate surface area is 96.5 Å². The van der Waals surface area contributed by atoms with Crippen molar-refractivity contribution in [1.29, 1.82) is 0 Å². The van der Waals surface area contributed by atoms with E-state index < -0.39 is 0 Å². The van der Waals surface area contributed by atoms with E-state index in [-0.39, 0.29) is 11.9 Å². The van der Waals surface area contributed by atoms with Crippen molar-refractivity contribution in [3.05, 3.63) is 30.1 Å². The van der Waals surface area contributed by atoms with E-state index in [1.807, 2.05) is 26.1 Å². The minimum atomic E-state index is 0.0239. The lowest BCUT2D eigenvalue weighted by molar-refractivity contribution is -0.121. The summed E-state index contributed by atoms with van der Waals surface area (Å²) in [5.41, 5.74) is 1.03. The van der Waals surface area contributed by atoms with Gasteiger partial charge in [-0.05, 0) is 38.6 Å². The molecule has 0 radical (unpaired) electrons. The van der Waals surface area contributed by atoms with E-state index in [9.17, 15) is 4.79 Å². The normalized spacial score (nSPS) is 12.1. The summed E-state index contributed by atoms with van der Waals surface area (Å²) in [7, 11) is 1.89. The van der Waals surface area contributed by atoms with Crippen LogP contribution in [0, 0.1) is 0 Å². The van der Waals surface area contributed by atoms with Gasteiger partial charge in [-0.2, -0.15) is 0 Å². The van der Waals surface area contributed by atoms with Crippen LogP contribution in [0.25, 0.3) is 0 Å². The van der Waals surface area contributed by atoms with Gasteiger partial charge in [0.05, 0.1) is 6.04 Å². The van der Waals surface area contributed by atoms with Crippen LogP contribution in [0.4, 0.5) is 0 Å². The minimum Gasteiger partial charge on any atom is -0.350 e. The molecule has 1 unspecified atom stereocenters. The number of hydrogen-bond donors (Lipinski definition) is 2. The predicted octanol–water partition coefficient (Wildman–Crippen LogP) is 1.26. The van der Waals surface area contributed by atoms with E-state index >= 15 is 0 Å². The largest absolute Gasteiger partial charge is 0.350 e. The SMILES string of the molecule is CNCCCC(=O)NC(C)c1cccnc1. The van der Waals surface area contributed by atoms with Gasteiger partial charge in [-0.25, -0.2) is 0 Å². The first-order valence-corrected chi connectivity index (χ1v) is 5.58. The fraction of sp³-hybridized carbons (Fsp3) is 0.500. The van der Waals surface area contributed by atoms with Crippen molar-refractivity contribution in [2.45, 2.75) is 25.8 Å². The Balaban J connectivity index is 2.34. The molecule has 1 heterocycles. The number of hydrogen-bond acceptors (Lipinski definition) is 3. The summed E-state index contributed by atoms with van der Waals surface area (Å²) in [5, 5.41) is 5.97. The number of nitrogens with one attached hydrogen (secondary N) is 2. The molecule has 1 amide bonds. The fourth-order valence-electron chi connectivity index (χ4n) is 1.45. The van der Waals surface area contributed by atoms with Crippen LogP contribution in [0.3, 0.4) is 0 Å². The van der Waals surface area contributed by atoms with Gasteiger partial charge in [-0.1, -0.05) is 6.07 Å². The third kappa shape index (κ3) is 4.40. The molecular formula is C12H19N3O. The molecule has 0 aromatic carbocycles. The summed E-state index contributed by atoms with van der Waals surface area (Å²) in [5.74, 6) is 0.0894. The average Bonchev–Trinajstić information content (AvgIpc) is 2.30. The van der Waals surface area contributed by atoms with Crippen molar-refractivity contribution >= 4 is 5.91 Å². The van der Waals surface area contributed by atoms with Crippen molar-refractivity contribution in [3.63, 3.8) is 0 Å². The molecule has 1 atom stereocenters. The van der Waals surface area contributed by atoms with Crippen molar-refractivity contribution in [1.82, 2.24) is 15.6 Å². The Hall–Kier alpha value is -1.42. The molecule has 0 aliphatic carbocycles. The van der Waals surface area contributed by atoms with Crippen molar-refractivity contribution in [2.75, 3.05) is 13.6 Å². The maximum absolute atomic E-state index is 11.5. The third-order valence-electron chi connectivity index (χ3n) is 2.39. The van der Waals surface area contributed by atoms with Gasteiger partial charge in [0.2, 0.25) is 5.91 Å². The number of carbonyl (C=O) groups excluding carboxylic acids is 1. The second-order valence-electron chi connectivity index (χ2n) is 3.78. The van der Waals surface area contributed by atoms with Gasteiger partial charge >= 0.3 is 0 Å². The molecular weight excluding hydrogens is 202 g/mol. The smallest absolute Gasteiger partial charge is 0.220 e. The predicted molar refractivity (Wildman–Crippen MR) is 64.0 cm³/mol. The molecule has 4 nitrogen and oxygen atoms in total. The molecule has 0 spiro atoms. The summed E-state index contributed by atoms with van der Waals surface area (Å²) in [6.45, 7) is 2.83. The highest BCUT2D eigenvalue weighted by atomic mass is 16.1. The van der Waals surface area contributed by atoms with Crippen LogP contribution in [-0.4, -0.2) is 24.5 Å². The monoisotopic (exact) mass is 221 g/mol. The second kappa shape index (κ2) is 6.95. The molecule has 0 saturated carbocycles. The van der Waals surface area contributed by atoms with Crippen molar-refractivity contribution in [2.24, 2.45) is 0 Å². The number of pyridine rings is 1. The van der Waals surface area contributed by atoms with E-state index in [1.54, 1.807) is 12.4 Å². The fourth-order valence-corrected chi connectivity index (χ4v) is 1.45. The average molecular weight is 221 g/mol. The van der Waals surface area contributed by atoms with Gasteiger partial charge in [0, 0.05) is 18.8 Å². The van der Waals surface area contributed by atoms with Crippen LogP contribution < -0.4 is 10.6 Å². The molecule has 0 fully saturated rings. The Kier molecular flexibility index (Phi) is 5.50. The van der Waals surface area contributed by atoms with Gasteiger partial charge in [-0.15, -0.1) is 0 Å². The number of amides is 1. The van der Waals surface area contributed by atoms with Crippen LogP contribution >= 0.6 is 0 Å². The minimum absolute atomic E-state index is 0.0239. The number of aromatic nitrogens is 1. The standard InChI is InChI=1S/C12H19N3O/c1-10(11-5-3-8-14-9-11)15-12(16)6-4-7-13-2/h3,5,8-10,13H,4,6-7H2,1-2H3,(H,15,16). The Morgan fingerprint density at radius 1 is 1.56 bits per heavy atom. The highest BCUT2D eigenvalue weighted by Gasteiger charge is 2.08. The zero-order valence-corrected chi connectivity index (χ0v) is 9.86. The zero-order chi connectivity index (χ0) is 11.8. The number of carbonyl (C=O) groups is 1. The summed E-state index contributed by atoms with van der Waals surface area (Å²) in [6.07, 6.45) is 4.93. The van der Waals surface area contributed by atoms with Crippen LogP contribution in [0.1, 0.15) is 31.4 Å². The molecule has 4 heteroatoms.